The normalized spacial score (nSPS) is 18.8. The molecule has 4 heteroatoms. The minimum absolute atomic E-state index is 0. The summed E-state index contributed by atoms with van der Waals surface area (Å²) in [4.78, 5) is 34.0. The molecule has 1 aliphatic rings. The maximum absolute atomic E-state index is 11.2. The fourth-order valence-corrected chi connectivity index (χ4v) is 9.58. The van der Waals surface area contributed by atoms with Crippen LogP contribution in [0, 0.1) is 0 Å². The monoisotopic (exact) mass is 366 g/mol. The van der Waals surface area contributed by atoms with E-state index in [1.807, 2.05) is 0 Å². The Morgan fingerprint density at radius 1 is 1.14 bits per heavy atom. The van der Waals surface area contributed by atoms with Crippen LogP contribution in [0.2, 0.25) is 9.12 Å². The molecule has 0 saturated carbocycles. The topological polar surface area (TPSA) is 51.2 Å². The molecule has 0 aromatic carbocycles. The molecular formula is C10H14O3W-. The van der Waals surface area contributed by atoms with Crippen molar-refractivity contribution in [1.82, 2.24) is 0 Å². The maximum atomic E-state index is 11.2. The van der Waals surface area contributed by atoms with E-state index in [4.69, 9.17) is 0 Å². The molecule has 1 rings (SSSR count). The van der Waals surface area contributed by atoms with Crippen molar-refractivity contribution in [2.45, 2.75) is 16.0 Å². The summed E-state index contributed by atoms with van der Waals surface area (Å²) in [5.41, 5.74) is 0. The van der Waals surface area contributed by atoms with E-state index in [1.165, 1.54) is 0 Å². The van der Waals surface area contributed by atoms with Crippen LogP contribution in [0.15, 0.2) is 24.3 Å². The fraction of sp³-hybridized carbons (Fsp3) is 0.300. The van der Waals surface area contributed by atoms with E-state index < -0.39 is 14.8 Å². The average Bonchev–Trinajstić information content (AvgIpc) is 2.78. The summed E-state index contributed by atoms with van der Waals surface area (Å²) < 4.78 is 1.77. The van der Waals surface area contributed by atoms with Crippen LogP contribution in [0.25, 0.3) is 0 Å². The Kier molecular flexibility index (Phi) is 3.00. The molecular weight excluding hydrogens is 352 g/mol. The second-order valence-corrected chi connectivity index (χ2v) is 20.1. The Bertz CT molecular complexity index is 299. The Balaban J connectivity index is 0.00000196. The third kappa shape index (κ3) is 1.27. The van der Waals surface area contributed by atoms with Gasteiger partial charge in [-0.1, -0.05) is 0 Å². The molecule has 0 spiro atoms. The van der Waals surface area contributed by atoms with Gasteiger partial charge in [-0.25, -0.2) is 0 Å². The second kappa shape index (κ2) is 3.74. The summed E-state index contributed by atoms with van der Waals surface area (Å²) in [6.07, 6.45) is 7.13. The molecule has 0 heterocycles. The van der Waals surface area contributed by atoms with Crippen LogP contribution in [0.1, 0.15) is 8.35 Å². The van der Waals surface area contributed by atoms with Crippen LogP contribution in [-0.2, 0) is 29.2 Å². The van der Waals surface area contributed by atoms with Gasteiger partial charge in [0.25, 0.3) is 0 Å². The molecule has 0 N–H and O–H groups in total. The van der Waals surface area contributed by atoms with Crippen LogP contribution in [0.4, 0.5) is 0 Å². The van der Waals surface area contributed by atoms with E-state index in [-0.39, 0.29) is 5.73 Å². The number of carbonyl (C=O) groups excluding carboxylic acids is 3. The number of carbonyl (C=O) groups is 3. The summed E-state index contributed by atoms with van der Waals surface area (Å²) in [6, 6.07) is 0. The van der Waals surface area contributed by atoms with Gasteiger partial charge in [0, 0.05) is 0 Å². The van der Waals surface area contributed by atoms with Gasteiger partial charge in [-0.15, -0.1) is 0 Å². The van der Waals surface area contributed by atoms with Gasteiger partial charge in [-0.3, -0.25) is 0 Å². The first-order valence-electron chi connectivity index (χ1n) is 4.31. The summed E-state index contributed by atoms with van der Waals surface area (Å²) >= 11 is -4.44. The van der Waals surface area contributed by atoms with Crippen molar-refractivity contribution in [3.63, 3.8) is 0 Å². The summed E-state index contributed by atoms with van der Waals surface area (Å²) in [5, 5.41) is 0. The zero-order valence-corrected chi connectivity index (χ0v) is 10.9. The number of rotatable bonds is 5. The molecule has 14 heavy (non-hydrogen) atoms. The van der Waals surface area contributed by atoms with Crippen molar-refractivity contribution in [3.8, 4) is 0 Å². The Morgan fingerprint density at radius 2 is 1.57 bits per heavy atom. The van der Waals surface area contributed by atoms with Gasteiger partial charge in [-0.2, -0.15) is 0 Å². The molecule has 0 aromatic rings. The standard InChI is InChI=1S/C5H5.C2H5.3CHO.W.H/c1-2-4-5-3-1;4*1-2;;/h1-5H;1H2,2H3;3*1H;;/q;;;;;;-1. The first-order chi connectivity index (χ1) is 6.67. The van der Waals surface area contributed by atoms with E-state index in [0.717, 1.165) is 0 Å². The second-order valence-electron chi connectivity index (χ2n) is 3.29. The largest absolute Gasteiger partial charge is 1.00 e. The zero-order valence-electron chi connectivity index (χ0n) is 8.96. The Labute approximate surface area is 85.2 Å². The van der Waals surface area contributed by atoms with Crippen LogP contribution in [0.5, 0.6) is 0 Å². The smallest absolute Gasteiger partial charge is 1.00 e. The molecule has 0 amide bonds. The molecule has 0 atom stereocenters. The molecule has 0 unspecified atom stereocenters. The van der Waals surface area contributed by atoms with E-state index in [0.29, 0.717) is 18.8 Å². The molecule has 0 saturated heterocycles. The van der Waals surface area contributed by atoms with Gasteiger partial charge in [0.05, 0.1) is 0 Å². The van der Waals surface area contributed by atoms with Gasteiger partial charge in [-0.05, 0) is 0 Å². The maximum Gasteiger partial charge on any atom is -1.00 e. The average molecular weight is 366 g/mol. The van der Waals surface area contributed by atoms with Gasteiger partial charge < -0.3 is 1.43 Å². The first-order valence-corrected chi connectivity index (χ1v) is 13.2. The minimum Gasteiger partial charge on any atom is -1.00 e. The quantitative estimate of drug-likeness (QED) is 0.697. The van der Waals surface area contributed by atoms with Crippen molar-refractivity contribution in [3.05, 3.63) is 24.3 Å². The van der Waals surface area contributed by atoms with E-state index >= 15 is 0 Å². The van der Waals surface area contributed by atoms with Crippen LogP contribution < -0.4 is 0 Å². The van der Waals surface area contributed by atoms with Gasteiger partial charge in [0.1, 0.15) is 0 Å². The third-order valence-electron chi connectivity index (χ3n) is 2.75. The molecule has 1 aliphatic carbocycles. The summed E-state index contributed by atoms with van der Waals surface area (Å²) in [6.45, 7) is 1.75. The number of hydrogen-bond donors (Lipinski definition) is 0. The van der Waals surface area contributed by atoms with Crippen molar-refractivity contribution >= 4 is 14.0 Å². The summed E-state index contributed by atoms with van der Waals surface area (Å²) in [5.74, 6) is 0. The van der Waals surface area contributed by atoms with E-state index in [1.54, 1.807) is 31.2 Å². The Morgan fingerprint density at radius 3 is 1.86 bits per heavy atom. The SMILES string of the molecule is C[CH2][W]([CH]=O)([CH]=O)([CH]=O)[CH]1C=CC=C1.[H-]. The zero-order chi connectivity index (χ0) is 10.7. The van der Waals surface area contributed by atoms with Crippen molar-refractivity contribution in [2.75, 3.05) is 0 Å². The predicted octanol–water partition coefficient (Wildman–Crippen LogP) is 1.71. The molecule has 0 aliphatic heterocycles. The molecule has 0 radical (unpaired) electrons. The van der Waals surface area contributed by atoms with E-state index in [2.05, 4.69) is 0 Å². The van der Waals surface area contributed by atoms with Crippen molar-refractivity contribution < 1.29 is 30.6 Å². The third-order valence-corrected chi connectivity index (χ3v) is 18.5. The minimum atomic E-state index is -4.44. The predicted molar refractivity (Wildman–Crippen MR) is 53.9 cm³/mol. The Hall–Kier alpha value is -0.822. The van der Waals surface area contributed by atoms with Crippen molar-refractivity contribution in [1.29, 1.82) is 0 Å². The molecule has 0 bridgehead atoms. The molecule has 0 aromatic heterocycles. The van der Waals surface area contributed by atoms with Crippen LogP contribution in [-0.4, -0.2) is 14.0 Å². The summed E-state index contributed by atoms with van der Waals surface area (Å²) in [7, 11) is 0. The van der Waals surface area contributed by atoms with Gasteiger partial charge >= 0.3 is 83.6 Å². The van der Waals surface area contributed by atoms with Gasteiger partial charge in [0.15, 0.2) is 0 Å². The number of hydrogen-bond acceptors (Lipinski definition) is 3. The molecule has 0 fully saturated rings. The first kappa shape index (κ1) is 11.3. The van der Waals surface area contributed by atoms with E-state index in [9.17, 15) is 14.4 Å². The number of allylic oxidation sites excluding steroid dienone is 4. The molecule has 3 nitrogen and oxygen atoms in total. The fourth-order valence-electron chi connectivity index (χ4n) is 1.45. The van der Waals surface area contributed by atoms with Crippen molar-refractivity contribution in [2.24, 2.45) is 0 Å². The van der Waals surface area contributed by atoms with Crippen LogP contribution >= 0.6 is 0 Å². The van der Waals surface area contributed by atoms with Crippen LogP contribution in [0.3, 0.4) is 0 Å². The van der Waals surface area contributed by atoms with Gasteiger partial charge in [0.2, 0.25) is 0 Å². The molecule has 79 valence electrons.